The maximum atomic E-state index is 12.3. The standard InChI is InChI=1S/C17H20ClNO5S/c1-12-4-5-13(10-15(12)18)24-9-8-19-25(20,21)14-6-7-16(22-2)17(11-14)23-3/h4-7,10-11,19H,8-9H2,1-3H3. The van der Waals surface area contributed by atoms with Crippen molar-refractivity contribution in [2.24, 2.45) is 0 Å². The third-order valence-corrected chi connectivity index (χ3v) is 5.34. The highest BCUT2D eigenvalue weighted by Gasteiger charge is 2.16. The van der Waals surface area contributed by atoms with Gasteiger partial charge < -0.3 is 14.2 Å². The van der Waals surface area contributed by atoms with Crippen LogP contribution in [0.15, 0.2) is 41.3 Å². The van der Waals surface area contributed by atoms with E-state index in [0.717, 1.165) is 5.56 Å². The second-order valence-electron chi connectivity index (χ2n) is 5.17. The minimum Gasteiger partial charge on any atom is -0.493 e. The molecule has 0 aliphatic rings. The molecular weight excluding hydrogens is 366 g/mol. The average molecular weight is 386 g/mol. The lowest BCUT2D eigenvalue weighted by Gasteiger charge is -2.11. The molecule has 2 rings (SSSR count). The molecule has 136 valence electrons. The number of nitrogens with one attached hydrogen (secondary N) is 1. The van der Waals surface area contributed by atoms with Crippen LogP contribution in [0.3, 0.4) is 0 Å². The zero-order valence-electron chi connectivity index (χ0n) is 14.2. The summed E-state index contributed by atoms with van der Waals surface area (Å²) in [6, 6.07) is 9.71. The summed E-state index contributed by atoms with van der Waals surface area (Å²) in [5, 5.41) is 0.600. The van der Waals surface area contributed by atoms with Gasteiger partial charge >= 0.3 is 0 Å². The molecule has 0 radical (unpaired) electrons. The summed E-state index contributed by atoms with van der Waals surface area (Å²) in [6.45, 7) is 2.18. The summed E-state index contributed by atoms with van der Waals surface area (Å²) in [6.07, 6.45) is 0. The van der Waals surface area contributed by atoms with Crippen LogP contribution in [-0.2, 0) is 10.0 Å². The first kappa shape index (κ1) is 19.4. The number of halogens is 1. The molecule has 0 aliphatic carbocycles. The van der Waals surface area contributed by atoms with Crippen molar-refractivity contribution in [3.63, 3.8) is 0 Å². The molecule has 1 N–H and O–H groups in total. The van der Waals surface area contributed by atoms with Gasteiger partial charge in [0.2, 0.25) is 10.0 Å². The van der Waals surface area contributed by atoms with E-state index in [9.17, 15) is 8.42 Å². The lowest BCUT2D eigenvalue weighted by molar-refractivity contribution is 0.323. The Hall–Kier alpha value is -1.96. The number of aryl methyl sites for hydroxylation is 1. The number of sulfonamides is 1. The van der Waals surface area contributed by atoms with Gasteiger partial charge in [-0.1, -0.05) is 17.7 Å². The molecule has 8 heteroatoms. The van der Waals surface area contributed by atoms with E-state index < -0.39 is 10.0 Å². The number of methoxy groups -OCH3 is 2. The Kier molecular flexibility index (Phi) is 6.52. The van der Waals surface area contributed by atoms with Crippen molar-refractivity contribution in [3.8, 4) is 17.2 Å². The van der Waals surface area contributed by atoms with E-state index in [1.54, 1.807) is 12.1 Å². The highest BCUT2D eigenvalue weighted by Crippen LogP contribution is 2.29. The molecule has 6 nitrogen and oxygen atoms in total. The Morgan fingerprint density at radius 2 is 1.76 bits per heavy atom. The van der Waals surface area contributed by atoms with Gasteiger partial charge in [-0.2, -0.15) is 0 Å². The topological polar surface area (TPSA) is 73.9 Å². The fourth-order valence-electron chi connectivity index (χ4n) is 2.08. The minimum atomic E-state index is -3.68. The Morgan fingerprint density at radius 3 is 2.40 bits per heavy atom. The average Bonchev–Trinajstić information content (AvgIpc) is 2.61. The highest BCUT2D eigenvalue weighted by molar-refractivity contribution is 7.89. The monoisotopic (exact) mass is 385 g/mol. The number of ether oxygens (including phenoxy) is 3. The molecule has 0 fully saturated rings. The zero-order chi connectivity index (χ0) is 18.4. The summed E-state index contributed by atoms with van der Waals surface area (Å²) < 4.78 is 42.8. The molecule has 0 unspecified atom stereocenters. The van der Waals surface area contributed by atoms with Crippen LogP contribution in [0.4, 0.5) is 0 Å². The van der Waals surface area contributed by atoms with Crippen molar-refractivity contribution in [2.45, 2.75) is 11.8 Å². The van der Waals surface area contributed by atoms with Crippen LogP contribution in [0, 0.1) is 6.92 Å². The fraction of sp³-hybridized carbons (Fsp3) is 0.294. The first-order valence-corrected chi connectivity index (χ1v) is 9.34. The van der Waals surface area contributed by atoms with Crippen molar-refractivity contribution in [1.29, 1.82) is 0 Å². The maximum Gasteiger partial charge on any atom is 0.240 e. The molecule has 0 amide bonds. The van der Waals surface area contributed by atoms with Crippen LogP contribution in [-0.4, -0.2) is 35.8 Å². The smallest absolute Gasteiger partial charge is 0.240 e. The van der Waals surface area contributed by atoms with Crippen LogP contribution in [0.2, 0.25) is 5.02 Å². The first-order valence-electron chi connectivity index (χ1n) is 7.48. The van der Waals surface area contributed by atoms with Crippen LogP contribution >= 0.6 is 11.6 Å². The van der Waals surface area contributed by atoms with Gasteiger partial charge in [-0.05, 0) is 36.8 Å². The molecule has 0 bridgehead atoms. The van der Waals surface area contributed by atoms with Crippen LogP contribution in [0.1, 0.15) is 5.56 Å². The summed E-state index contributed by atoms with van der Waals surface area (Å²) in [5.41, 5.74) is 0.947. The number of benzene rings is 2. The molecule has 0 aromatic heterocycles. The molecule has 2 aromatic rings. The van der Waals surface area contributed by atoms with Gasteiger partial charge in [0, 0.05) is 17.6 Å². The van der Waals surface area contributed by atoms with Crippen molar-refractivity contribution in [3.05, 3.63) is 47.0 Å². The van der Waals surface area contributed by atoms with Crippen LogP contribution in [0.5, 0.6) is 17.2 Å². The third kappa shape index (κ3) is 5.01. The molecule has 0 saturated heterocycles. The van der Waals surface area contributed by atoms with Gasteiger partial charge in [0.1, 0.15) is 12.4 Å². The summed E-state index contributed by atoms with van der Waals surface area (Å²) in [5.74, 6) is 1.39. The van der Waals surface area contributed by atoms with Gasteiger partial charge in [-0.15, -0.1) is 0 Å². The molecule has 0 heterocycles. The van der Waals surface area contributed by atoms with Crippen molar-refractivity contribution in [2.75, 3.05) is 27.4 Å². The molecular formula is C17H20ClNO5S. The number of hydrogen-bond donors (Lipinski definition) is 1. The Labute approximate surface area is 152 Å². The molecule has 0 aliphatic heterocycles. The zero-order valence-corrected chi connectivity index (χ0v) is 15.8. The lowest BCUT2D eigenvalue weighted by atomic mass is 10.2. The normalized spacial score (nSPS) is 11.2. The van der Waals surface area contributed by atoms with Gasteiger partial charge in [0.15, 0.2) is 11.5 Å². The van der Waals surface area contributed by atoms with Gasteiger partial charge in [0.25, 0.3) is 0 Å². The van der Waals surface area contributed by atoms with E-state index in [1.807, 2.05) is 13.0 Å². The van der Waals surface area contributed by atoms with E-state index in [2.05, 4.69) is 4.72 Å². The second-order valence-corrected chi connectivity index (χ2v) is 7.35. The third-order valence-electron chi connectivity index (χ3n) is 3.47. The second kappa shape index (κ2) is 8.42. The molecule has 25 heavy (non-hydrogen) atoms. The largest absolute Gasteiger partial charge is 0.493 e. The van der Waals surface area contributed by atoms with E-state index >= 15 is 0 Å². The van der Waals surface area contributed by atoms with Crippen LogP contribution in [0.25, 0.3) is 0 Å². The lowest BCUT2D eigenvalue weighted by Crippen LogP contribution is -2.28. The first-order chi connectivity index (χ1) is 11.9. The molecule has 0 saturated carbocycles. The number of rotatable bonds is 8. The summed E-state index contributed by atoms with van der Waals surface area (Å²) in [4.78, 5) is 0.0866. The molecule has 0 spiro atoms. The maximum absolute atomic E-state index is 12.3. The van der Waals surface area contributed by atoms with E-state index in [1.165, 1.54) is 32.4 Å². The SMILES string of the molecule is COc1ccc(S(=O)(=O)NCCOc2ccc(C)c(Cl)c2)cc1OC. The Bertz CT molecular complexity index is 839. The van der Waals surface area contributed by atoms with E-state index in [0.29, 0.717) is 22.3 Å². The predicted octanol–water partition coefficient (Wildman–Crippen LogP) is 3.02. The van der Waals surface area contributed by atoms with Gasteiger partial charge in [0.05, 0.1) is 19.1 Å². The fourth-order valence-corrected chi connectivity index (χ4v) is 3.27. The molecule has 2 aromatic carbocycles. The van der Waals surface area contributed by atoms with Crippen molar-refractivity contribution < 1.29 is 22.6 Å². The van der Waals surface area contributed by atoms with Gasteiger partial charge in [-0.3, -0.25) is 0 Å². The Morgan fingerprint density at radius 1 is 1.04 bits per heavy atom. The summed E-state index contributed by atoms with van der Waals surface area (Å²) in [7, 11) is -0.747. The quantitative estimate of drug-likeness (QED) is 0.707. The van der Waals surface area contributed by atoms with Gasteiger partial charge in [-0.25, -0.2) is 13.1 Å². The highest BCUT2D eigenvalue weighted by atomic mass is 35.5. The number of hydrogen-bond acceptors (Lipinski definition) is 5. The Balaban J connectivity index is 1.96. The van der Waals surface area contributed by atoms with Crippen molar-refractivity contribution in [1.82, 2.24) is 4.72 Å². The predicted molar refractivity (Wildman–Crippen MR) is 96.4 cm³/mol. The molecule has 0 atom stereocenters. The van der Waals surface area contributed by atoms with Crippen molar-refractivity contribution >= 4 is 21.6 Å². The summed E-state index contributed by atoms with van der Waals surface area (Å²) >= 11 is 6.02. The minimum absolute atomic E-state index is 0.0866. The van der Waals surface area contributed by atoms with E-state index in [4.69, 9.17) is 25.8 Å². The van der Waals surface area contributed by atoms with E-state index in [-0.39, 0.29) is 18.0 Å². The van der Waals surface area contributed by atoms with Crippen LogP contribution < -0.4 is 18.9 Å².